The second kappa shape index (κ2) is 7.28. The van der Waals surface area contributed by atoms with Gasteiger partial charge in [-0.15, -0.1) is 10.2 Å². The second-order valence-corrected chi connectivity index (χ2v) is 8.39. The molecule has 3 aromatic rings. The molecule has 0 radical (unpaired) electrons. The molecule has 1 amide bonds. The summed E-state index contributed by atoms with van der Waals surface area (Å²) in [4.78, 5) is 21.0. The highest BCUT2D eigenvalue weighted by molar-refractivity contribution is 5.93. The van der Waals surface area contributed by atoms with Crippen molar-refractivity contribution in [3.63, 3.8) is 0 Å². The SMILES string of the molecule is Cn1cnnc1C1CN(Cc2ccccc2)CC12CN(C(=O)c1ccc(F)cn1)C2. The summed E-state index contributed by atoms with van der Waals surface area (Å²) in [6, 6.07) is 13.1. The molecule has 5 rings (SSSR count). The molecule has 0 aliphatic carbocycles. The van der Waals surface area contributed by atoms with E-state index < -0.39 is 5.82 Å². The van der Waals surface area contributed by atoms with Crippen molar-refractivity contribution in [2.45, 2.75) is 12.5 Å². The van der Waals surface area contributed by atoms with Crippen molar-refractivity contribution in [2.24, 2.45) is 12.5 Å². The number of pyridine rings is 1. The summed E-state index contributed by atoms with van der Waals surface area (Å²) < 4.78 is 15.1. The van der Waals surface area contributed by atoms with Crippen LogP contribution < -0.4 is 0 Å². The second-order valence-electron chi connectivity index (χ2n) is 8.39. The van der Waals surface area contributed by atoms with Crippen molar-refractivity contribution < 1.29 is 9.18 Å². The molecule has 2 aromatic heterocycles. The van der Waals surface area contributed by atoms with Crippen LogP contribution in [0.4, 0.5) is 4.39 Å². The highest BCUT2D eigenvalue weighted by atomic mass is 19.1. The van der Waals surface area contributed by atoms with E-state index in [2.05, 4.69) is 44.3 Å². The first-order chi connectivity index (χ1) is 14.5. The minimum atomic E-state index is -0.443. The summed E-state index contributed by atoms with van der Waals surface area (Å²) in [5.74, 6) is 0.552. The van der Waals surface area contributed by atoms with Crippen molar-refractivity contribution in [3.8, 4) is 0 Å². The van der Waals surface area contributed by atoms with Gasteiger partial charge in [-0.1, -0.05) is 30.3 Å². The fourth-order valence-electron chi connectivity index (χ4n) is 4.84. The summed E-state index contributed by atoms with van der Waals surface area (Å²) in [6.07, 6.45) is 2.81. The molecule has 1 atom stereocenters. The van der Waals surface area contributed by atoms with Gasteiger partial charge in [0.05, 0.1) is 6.20 Å². The lowest BCUT2D eigenvalue weighted by atomic mass is 9.71. The Morgan fingerprint density at radius 3 is 2.63 bits per heavy atom. The van der Waals surface area contributed by atoms with Gasteiger partial charge in [0.1, 0.15) is 23.7 Å². The van der Waals surface area contributed by atoms with Gasteiger partial charge < -0.3 is 9.47 Å². The average molecular weight is 406 g/mol. The van der Waals surface area contributed by atoms with E-state index in [1.807, 2.05) is 17.7 Å². The van der Waals surface area contributed by atoms with Crippen LogP contribution in [0.5, 0.6) is 0 Å². The van der Waals surface area contributed by atoms with E-state index >= 15 is 0 Å². The van der Waals surface area contributed by atoms with Gasteiger partial charge in [-0.25, -0.2) is 9.37 Å². The van der Waals surface area contributed by atoms with E-state index in [9.17, 15) is 9.18 Å². The van der Waals surface area contributed by atoms with Gasteiger partial charge in [0.25, 0.3) is 5.91 Å². The molecule has 2 fully saturated rings. The summed E-state index contributed by atoms with van der Waals surface area (Å²) in [6.45, 7) is 3.89. The van der Waals surface area contributed by atoms with Crippen LogP contribution in [-0.2, 0) is 13.6 Å². The van der Waals surface area contributed by atoms with Crippen molar-refractivity contribution in [1.29, 1.82) is 0 Å². The van der Waals surface area contributed by atoms with Gasteiger partial charge in [-0.2, -0.15) is 0 Å². The van der Waals surface area contributed by atoms with E-state index in [1.54, 1.807) is 11.2 Å². The number of benzene rings is 1. The minimum absolute atomic E-state index is 0.0642. The van der Waals surface area contributed by atoms with Crippen LogP contribution in [0.3, 0.4) is 0 Å². The van der Waals surface area contributed by atoms with Gasteiger partial charge in [0.15, 0.2) is 0 Å². The zero-order valence-electron chi connectivity index (χ0n) is 16.8. The predicted octanol–water partition coefficient (Wildman–Crippen LogP) is 2.09. The zero-order chi connectivity index (χ0) is 20.7. The Morgan fingerprint density at radius 1 is 1.17 bits per heavy atom. The quantitative estimate of drug-likeness (QED) is 0.664. The minimum Gasteiger partial charge on any atom is -0.336 e. The lowest BCUT2D eigenvalue weighted by Crippen LogP contribution is -2.61. The first-order valence-corrected chi connectivity index (χ1v) is 10.1. The standard InChI is InChI=1S/C22H23FN6O/c1-27-15-25-26-20(27)18-11-28(10-16-5-3-2-4-6-16)12-22(18)13-29(14-22)21(30)19-8-7-17(23)9-24-19/h2-9,15,18H,10-14H2,1H3. The monoisotopic (exact) mass is 406 g/mol. The lowest BCUT2D eigenvalue weighted by Gasteiger charge is -2.50. The molecule has 7 nitrogen and oxygen atoms in total. The zero-order valence-corrected chi connectivity index (χ0v) is 16.8. The molecule has 4 heterocycles. The maximum Gasteiger partial charge on any atom is 0.272 e. The predicted molar refractivity (Wildman–Crippen MR) is 108 cm³/mol. The molecule has 2 saturated heterocycles. The summed E-state index contributed by atoms with van der Waals surface area (Å²) in [5, 5.41) is 8.46. The molecule has 8 heteroatoms. The summed E-state index contributed by atoms with van der Waals surface area (Å²) >= 11 is 0. The Bertz CT molecular complexity index is 1050. The Hall–Kier alpha value is -3.13. The molecule has 0 N–H and O–H groups in total. The molecule has 1 spiro atoms. The number of hydrogen-bond donors (Lipinski definition) is 0. The van der Waals surface area contributed by atoms with E-state index in [4.69, 9.17) is 0 Å². The third-order valence-corrected chi connectivity index (χ3v) is 6.27. The number of halogens is 1. The number of hydrogen-bond acceptors (Lipinski definition) is 5. The number of carbonyl (C=O) groups excluding carboxylic acids is 1. The average Bonchev–Trinajstić information content (AvgIpc) is 3.31. The Labute approximate surface area is 174 Å². The van der Waals surface area contributed by atoms with Crippen molar-refractivity contribution in [3.05, 3.63) is 77.9 Å². The van der Waals surface area contributed by atoms with E-state index in [-0.39, 0.29) is 22.9 Å². The Morgan fingerprint density at radius 2 is 1.97 bits per heavy atom. The number of likely N-dealkylation sites (tertiary alicyclic amines) is 2. The van der Waals surface area contributed by atoms with Crippen molar-refractivity contribution in [1.82, 2.24) is 29.5 Å². The number of aryl methyl sites for hydroxylation is 1. The maximum absolute atomic E-state index is 13.1. The van der Waals surface area contributed by atoms with Crippen LogP contribution >= 0.6 is 0 Å². The van der Waals surface area contributed by atoms with Gasteiger partial charge in [-0.3, -0.25) is 9.69 Å². The van der Waals surface area contributed by atoms with Crippen LogP contribution in [0, 0.1) is 11.2 Å². The number of rotatable bonds is 4. The molecular formula is C22H23FN6O. The number of amides is 1. The van der Waals surface area contributed by atoms with Crippen LogP contribution in [0.25, 0.3) is 0 Å². The van der Waals surface area contributed by atoms with Gasteiger partial charge in [0, 0.05) is 51.1 Å². The fourth-order valence-corrected chi connectivity index (χ4v) is 4.84. The lowest BCUT2D eigenvalue weighted by molar-refractivity contribution is 0.000970. The number of carbonyl (C=O) groups is 1. The normalized spacial score (nSPS) is 20.5. The molecule has 154 valence electrons. The number of nitrogens with zero attached hydrogens (tertiary/aromatic N) is 6. The summed E-state index contributed by atoms with van der Waals surface area (Å²) in [5.41, 5.74) is 1.49. The van der Waals surface area contributed by atoms with Gasteiger partial charge in [0.2, 0.25) is 0 Å². The Kier molecular flexibility index (Phi) is 4.58. The van der Waals surface area contributed by atoms with Crippen molar-refractivity contribution >= 4 is 5.91 Å². The topological polar surface area (TPSA) is 67.2 Å². The first-order valence-electron chi connectivity index (χ1n) is 10.1. The largest absolute Gasteiger partial charge is 0.336 e. The molecule has 2 aliphatic heterocycles. The van der Waals surface area contributed by atoms with E-state index in [0.29, 0.717) is 13.1 Å². The molecule has 30 heavy (non-hydrogen) atoms. The maximum atomic E-state index is 13.1. The van der Waals surface area contributed by atoms with Crippen LogP contribution in [0.2, 0.25) is 0 Å². The highest BCUT2D eigenvalue weighted by Gasteiger charge is 2.57. The molecule has 2 aliphatic rings. The molecule has 1 unspecified atom stereocenters. The van der Waals surface area contributed by atoms with E-state index in [0.717, 1.165) is 31.7 Å². The smallest absolute Gasteiger partial charge is 0.272 e. The van der Waals surface area contributed by atoms with Gasteiger partial charge in [-0.05, 0) is 17.7 Å². The third kappa shape index (κ3) is 3.27. The number of aromatic nitrogens is 4. The fraction of sp³-hybridized carbons (Fsp3) is 0.364. The molecule has 1 aromatic carbocycles. The van der Waals surface area contributed by atoms with Crippen LogP contribution in [0.15, 0.2) is 55.0 Å². The van der Waals surface area contributed by atoms with Crippen molar-refractivity contribution in [2.75, 3.05) is 26.2 Å². The summed E-state index contributed by atoms with van der Waals surface area (Å²) in [7, 11) is 1.97. The third-order valence-electron chi connectivity index (χ3n) is 6.27. The van der Waals surface area contributed by atoms with Crippen LogP contribution in [-0.4, -0.2) is 61.6 Å². The Balaban J connectivity index is 1.36. The highest BCUT2D eigenvalue weighted by Crippen LogP contribution is 2.49. The van der Waals surface area contributed by atoms with Gasteiger partial charge >= 0.3 is 0 Å². The molecule has 0 saturated carbocycles. The molecule has 0 bridgehead atoms. The van der Waals surface area contributed by atoms with Crippen LogP contribution in [0.1, 0.15) is 27.8 Å². The van der Waals surface area contributed by atoms with E-state index in [1.165, 1.54) is 17.7 Å². The molecular weight excluding hydrogens is 383 g/mol. The first kappa shape index (κ1) is 18.9.